The first-order valence-corrected chi connectivity index (χ1v) is 6.48. The third-order valence-electron chi connectivity index (χ3n) is 3.37. The fraction of sp³-hybridized carbons (Fsp3) is 0.692. The Morgan fingerprint density at radius 1 is 1.40 bits per heavy atom. The predicted molar refractivity (Wildman–Crippen MR) is 69.7 cm³/mol. The van der Waals surface area contributed by atoms with Crippen LogP contribution >= 0.6 is 11.3 Å². The maximum atomic E-state index is 3.47. The second-order valence-corrected chi connectivity index (χ2v) is 6.39. The van der Waals surface area contributed by atoms with Gasteiger partial charge in [-0.15, -0.1) is 11.3 Å². The third kappa shape index (κ3) is 2.61. The molecular formula is C13H23NS. The van der Waals surface area contributed by atoms with Crippen LogP contribution in [0.4, 0.5) is 0 Å². The molecule has 15 heavy (non-hydrogen) atoms. The molecule has 2 heteroatoms. The summed E-state index contributed by atoms with van der Waals surface area (Å²) in [4.78, 5) is 2.86. The molecule has 0 aliphatic rings. The quantitative estimate of drug-likeness (QED) is 0.815. The monoisotopic (exact) mass is 225 g/mol. The van der Waals surface area contributed by atoms with Gasteiger partial charge in [-0.3, -0.25) is 0 Å². The van der Waals surface area contributed by atoms with Crippen LogP contribution in [0.1, 0.15) is 48.6 Å². The molecule has 1 unspecified atom stereocenters. The van der Waals surface area contributed by atoms with Gasteiger partial charge >= 0.3 is 0 Å². The van der Waals surface area contributed by atoms with E-state index in [4.69, 9.17) is 0 Å². The van der Waals surface area contributed by atoms with Crippen LogP contribution in [-0.2, 0) is 0 Å². The molecule has 0 fully saturated rings. The molecule has 1 aromatic rings. The highest BCUT2D eigenvalue weighted by molar-refractivity contribution is 7.12. The second kappa shape index (κ2) is 4.67. The maximum absolute atomic E-state index is 3.47. The van der Waals surface area contributed by atoms with E-state index < -0.39 is 0 Å². The van der Waals surface area contributed by atoms with E-state index in [0.29, 0.717) is 11.5 Å². The van der Waals surface area contributed by atoms with Gasteiger partial charge in [0.05, 0.1) is 0 Å². The Hall–Kier alpha value is -0.340. The van der Waals surface area contributed by atoms with Gasteiger partial charge in [0.25, 0.3) is 0 Å². The topological polar surface area (TPSA) is 12.0 Å². The molecule has 0 saturated heterocycles. The van der Waals surface area contributed by atoms with Gasteiger partial charge in [-0.05, 0) is 44.4 Å². The third-order valence-corrected chi connectivity index (χ3v) is 4.35. The Morgan fingerprint density at radius 2 is 2.00 bits per heavy atom. The number of hydrogen-bond acceptors (Lipinski definition) is 2. The van der Waals surface area contributed by atoms with Crippen molar-refractivity contribution in [3.8, 4) is 0 Å². The van der Waals surface area contributed by atoms with Gasteiger partial charge in [-0.25, -0.2) is 0 Å². The molecule has 0 aromatic carbocycles. The zero-order valence-corrected chi connectivity index (χ0v) is 11.6. The van der Waals surface area contributed by atoms with Crippen molar-refractivity contribution in [1.29, 1.82) is 0 Å². The molecule has 1 N–H and O–H groups in total. The molecular weight excluding hydrogens is 202 g/mol. The van der Waals surface area contributed by atoms with Crippen LogP contribution in [0.5, 0.6) is 0 Å². The van der Waals surface area contributed by atoms with E-state index in [9.17, 15) is 0 Å². The smallest absolute Gasteiger partial charge is 0.0380 e. The molecule has 0 spiro atoms. The molecule has 0 bridgehead atoms. The lowest BCUT2D eigenvalue weighted by Gasteiger charge is -2.33. The molecule has 0 aliphatic heterocycles. The molecule has 0 radical (unpaired) electrons. The number of thiophene rings is 1. The molecule has 0 aliphatic carbocycles. The summed E-state index contributed by atoms with van der Waals surface area (Å²) in [5, 5.41) is 3.47. The van der Waals surface area contributed by atoms with E-state index in [1.165, 1.54) is 21.7 Å². The maximum Gasteiger partial charge on any atom is 0.0380 e. The van der Waals surface area contributed by atoms with Gasteiger partial charge in [-0.2, -0.15) is 0 Å². The van der Waals surface area contributed by atoms with Crippen LogP contribution in [-0.4, -0.2) is 7.05 Å². The Kier molecular flexibility index (Phi) is 3.96. The predicted octanol–water partition coefficient (Wildman–Crippen LogP) is 4.06. The Bertz CT molecular complexity index is 325. The lowest BCUT2D eigenvalue weighted by atomic mass is 9.78. The summed E-state index contributed by atoms with van der Waals surface area (Å²) < 4.78 is 0. The molecule has 0 saturated carbocycles. The van der Waals surface area contributed by atoms with Gasteiger partial charge in [-0.1, -0.05) is 20.8 Å². The fourth-order valence-electron chi connectivity index (χ4n) is 2.11. The lowest BCUT2D eigenvalue weighted by Crippen LogP contribution is -2.31. The van der Waals surface area contributed by atoms with Crippen molar-refractivity contribution >= 4 is 11.3 Å². The molecule has 1 heterocycles. The summed E-state index contributed by atoms with van der Waals surface area (Å²) in [6.45, 7) is 11.3. The first-order valence-electron chi connectivity index (χ1n) is 5.66. The van der Waals surface area contributed by atoms with Crippen molar-refractivity contribution in [3.05, 3.63) is 21.4 Å². The summed E-state index contributed by atoms with van der Waals surface area (Å²) in [6, 6.07) is 2.80. The van der Waals surface area contributed by atoms with Crippen LogP contribution in [0.15, 0.2) is 6.07 Å². The van der Waals surface area contributed by atoms with Gasteiger partial charge in [0, 0.05) is 15.8 Å². The van der Waals surface area contributed by atoms with Crippen LogP contribution in [0.3, 0.4) is 0 Å². The lowest BCUT2D eigenvalue weighted by molar-refractivity contribution is 0.245. The van der Waals surface area contributed by atoms with Crippen LogP contribution in [0.25, 0.3) is 0 Å². The number of rotatable bonds is 4. The van der Waals surface area contributed by atoms with Crippen molar-refractivity contribution in [3.63, 3.8) is 0 Å². The summed E-state index contributed by atoms with van der Waals surface area (Å²) in [5.74, 6) is 0. The van der Waals surface area contributed by atoms with E-state index >= 15 is 0 Å². The summed E-state index contributed by atoms with van der Waals surface area (Å²) in [5.41, 5.74) is 1.79. The number of nitrogens with one attached hydrogen (secondary N) is 1. The largest absolute Gasteiger partial charge is 0.313 e. The molecule has 1 nitrogen and oxygen atoms in total. The van der Waals surface area contributed by atoms with E-state index in [0.717, 1.165) is 0 Å². The minimum Gasteiger partial charge on any atom is -0.313 e. The van der Waals surface area contributed by atoms with Gasteiger partial charge in [0.2, 0.25) is 0 Å². The normalized spacial score (nSPS) is 14.3. The Morgan fingerprint density at radius 3 is 2.33 bits per heavy atom. The Balaban J connectivity index is 3.07. The average Bonchev–Trinajstić information content (AvgIpc) is 2.47. The highest BCUT2D eigenvalue weighted by Gasteiger charge is 2.29. The SMILES string of the molecule is CCC(C)(C)C(NC)c1cc(C)sc1C. The van der Waals surface area contributed by atoms with Gasteiger partial charge < -0.3 is 5.32 Å². The summed E-state index contributed by atoms with van der Waals surface area (Å²) >= 11 is 1.90. The Labute approximate surface area is 97.9 Å². The van der Waals surface area contributed by atoms with Crippen LogP contribution in [0.2, 0.25) is 0 Å². The first kappa shape index (κ1) is 12.7. The van der Waals surface area contributed by atoms with Crippen molar-refractivity contribution in [2.24, 2.45) is 5.41 Å². The standard InChI is InChI=1S/C13H23NS/c1-7-13(4,5)12(14-6)11-8-9(2)15-10(11)3/h8,12,14H,7H2,1-6H3. The highest BCUT2D eigenvalue weighted by atomic mass is 32.1. The number of aryl methyl sites for hydroxylation is 2. The molecule has 86 valence electrons. The van der Waals surface area contributed by atoms with Crippen molar-refractivity contribution in [2.45, 2.75) is 47.1 Å². The molecule has 1 aromatic heterocycles. The van der Waals surface area contributed by atoms with Gasteiger partial charge in [0.1, 0.15) is 0 Å². The molecule has 1 rings (SSSR count). The number of hydrogen-bond donors (Lipinski definition) is 1. The van der Waals surface area contributed by atoms with E-state index in [-0.39, 0.29) is 0 Å². The second-order valence-electron chi connectivity index (χ2n) is 4.93. The minimum atomic E-state index is 0.313. The van der Waals surface area contributed by atoms with E-state index in [1.54, 1.807) is 0 Å². The molecule has 1 atom stereocenters. The average molecular weight is 225 g/mol. The van der Waals surface area contributed by atoms with Crippen LogP contribution < -0.4 is 5.32 Å². The highest BCUT2D eigenvalue weighted by Crippen LogP contribution is 2.39. The van der Waals surface area contributed by atoms with Crippen LogP contribution in [0, 0.1) is 19.3 Å². The van der Waals surface area contributed by atoms with Crippen molar-refractivity contribution in [2.75, 3.05) is 7.05 Å². The zero-order chi connectivity index (χ0) is 11.6. The summed E-state index contributed by atoms with van der Waals surface area (Å²) in [7, 11) is 2.06. The van der Waals surface area contributed by atoms with Gasteiger partial charge in [0.15, 0.2) is 0 Å². The van der Waals surface area contributed by atoms with E-state index in [2.05, 4.69) is 53.0 Å². The first-order chi connectivity index (χ1) is 6.92. The fourth-order valence-corrected chi connectivity index (χ4v) is 3.07. The molecule has 0 amide bonds. The van der Waals surface area contributed by atoms with E-state index in [1.807, 2.05) is 11.3 Å². The van der Waals surface area contributed by atoms with Crippen molar-refractivity contribution < 1.29 is 0 Å². The van der Waals surface area contributed by atoms with Crippen molar-refractivity contribution in [1.82, 2.24) is 5.32 Å². The zero-order valence-electron chi connectivity index (χ0n) is 10.8. The summed E-state index contributed by atoms with van der Waals surface area (Å²) in [6.07, 6.45) is 1.19. The minimum absolute atomic E-state index is 0.313.